The maximum absolute atomic E-state index is 11.9. The number of carbonyl (C=O) groups excluding carboxylic acids is 2. The Hall–Kier alpha value is -1.10. The fourth-order valence-corrected chi connectivity index (χ4v) is 2.06. The number of ether oxygens (including phenoxy) is 1. The van der Waals surface area contributed by atoms with Gasteiger partial charge in [0.05, 0.1) is 18.1 Å². The van der Waals surface area contributed by atoms with E-state index < -0.39 is 11.0 Å². The van der Waals surface area contributed by atoms with Crippen LogP contribution in [0.1, 0.15) is 39.5 Å². The Morgan fingerprint density at radius 3 is 2.35 bits per heavy atom. The van der Waals surface area contributed by atoms with Crippen molar-refractivity contribution in [2.75, 3.05) is 13.7 Å². The quantitative estimate of drug-likeness (QED) is 0.706. The summed E-state index contributed by atoms with van der Waals surface area (Å²) >= 11 is 0. The summed E-state index contributed by atoms with van der Waals surface area (Å²) in [5.41, 5.74) is 4.55. The molecule has 0 aliphatic heterocycles. The number of rotatable bonds is 4. The lowest BCUT2D eigenvalue weighted by atomic mass is 9.92. The number of nitrogens with one attached hydrogen (secondary N) is 1. The molecule has 0 radical (unpaired) electrons. The SMILES string of the molecule is COC(=O)C(C)(C)CNC(=O)C1(N)CCCC1. The summed E-state index contributed by atoms with van der Waals surface area (Å²) < 4.78 is 4.68. The zero-order valence-electron chi connectivity index (χ0n) is 10.8. The number of carbonyl (C=O) groups is 2. The fraction of sp³-hybridized carbons (Fsp3) is 0.833. The molecule has 98 valence electrons. The maximum Gasteiger partial charge on any atom is 0.313 e. The summed E-state index contributed by atoms with van der Waals surface area (Å²) in [6, 6.07) is 0. The van der Waals surface area contributed by atoms with Crippen molar-refractivity contribution < 1.29 is 14.3 Å². The molecule has 0 bridgehead atoms. The first-order valence-electron chi connectivity index (χ1n) is 5.97. The van der Waals surface area contributed by atoms with E-state index in [0.29, 0.717) is 0 Å². The minimum atomic E-state index is -0.744. The molecule has 1 saturated carbocycles. The van der Waals surface area contributed by atoms with Gasteiger partial charge in [0.1, 0.15) is 0 Å². The number of hydrogen-bond donors (Lipinski definition) is 2. The second kappa shape index (κ2) is 5.04. The molecule has 0 aromatic carbocycles. The average molecular weight is 242 g/mol. The van der Waals surface area contributed by atoms with E-state index in [1.165, 1.54) is 7.11 Å². The molecule has 0 spiro atoms. The zero-order chi connectivity index (χ0) is 13.1. The third kappa shape index (κ3) is 3.19. The Morgan fingerprint density at radius 1 is 1.35 bits per heavy atom. The molecule has 1 amide bonds. The van der Waals surface area contributed by atoms with E-state index in [9.17, 15) is 9.59 Å². The molecule has 3 N–H and O–H groups in total. The topological polar surface area (TPSA) is 81.4 Å². The first-order chi connectivity index (χ1) is 7.82. The van der Waals surface area contributed by atoms with Crippen molar-refractivity contribution in [3.63, 3.8) is 0 Å². The summed E-state index contributed by atoms with van der Waals surface area (Å²) in [6.45, 7) is 3.71. The summed E-state index contributed by atoms with van der Waals surface area (Å²) in [7, 11) is 1.34. The molecular formula is C12H22N2O3. The van der Waals surface area contributed by atoms with Gasteiger partial charge in [-0.1, -0.05) is 12.8 Å². The van der Waals surface area contributed by atoms with E-state index in [2.05, 4.69) is 10.1 Å². The molecule has 0 aromatic heterocycles. The van der Waals surface area contributed by atoms with Gasteiger partial charge in [-0.3, -0.25) is 9.59 Å². The molecule has 0 saturated heterocycles. The maximum atomic E-state index is 11.9. The summed E-state index contributed by atoms with van der Waals surface area (Å²) in [5, 5.41) is 2.76. The molecule has 17 heavy (non-hydrogen) atoms. The van der Waals surface area contributed by atoms with Gasteiger partial charge in [0.15, 0.2) is 0 Å². The highest BCUT2D eigenvalue weighted by atomic mass is 16.5. The predicted octanol–water partition coefficient (Wildman–Crippen LogP) is 0.573. The number of esters is 1. The number of amides is 1. The largest absolute Gasteiger partial charge is 0.469 e. The minimum absolute atomic E-state index is 0.160. The first kappa shape index (κ1) is 14.0. The van der Waals surface area contributed by atoms with E-state index in [1.807, 2.05) is 0 Å². The molecule has 0 atom stereocenters. The lowest BCUT2D eigenvalue weighted by Crippen LogP contribution is -2.54. The molecular weight excluding hydrogens is 220 g/mol. The van der Waals surface area contributed by atoms with Gasteiger partial charge in [0.25, 0.3) is 0 Å². The number of hydrogen-bond acceptors (Lipinski definition) is 4. The van der Waals surface area contributed by atoms with Crippen LogP contribution >= 0.6 is 0 Å². The van der Waals surface area contributed by atoms with Crippen molar-refractivity contribution in [3.05, 3.63) is 0 Å². The van der Waals surface area contributed by atoms with E-state index in [0.717, 1.165) is 25.7 Å². The van der Waals surface area contributed by atoms with Gasteiger partial charge in [-0.05, 0) is 26.7 Å². The highest BCUT2D eigenvalue weighted by Gasteiger charge is 2.38. The zero-order valence-corrected chi connectivity index (χ0v) is 10.8. The van der Waals surface area contributed by atoms with Crippen LogP contribution in [0.25, 0.3) is 0 Å². The Labute approximate surface area is 102 Å². The van der Waals surface area contributed by atoms with Gasteiger partial charge < -0.3 is 15.8 Å². The van der Waals surface area contributed by atoms with E-state index in [-0.39, 0.29) is 18.4 Å². The van der Waals surface area contributed by atoms with Gasteiger partial charge in [0, 0.05) is 6.54 Å². The van der Waals surface area contributed by atoms with Crippen LogP contribution in [0, 0.1) is 5.41 Å². The van der Waals surface area contributed by atoms with Crippen LogP contribution in [-0.4, -0.2) is 31.1 Å². The molecule has 5 heteroatoms. The molecule has 0 aromatic rings. The van der Waals surface area contributed by atoms with Crippen LogP contribution in [0.4, 0.5) is 0 Å². The first-order valence-corrected chi connectivity index (χ1v) is 5.97. The van der Waals surface area contributed by atoms with Crippen molar-refractivity contribution in [2.45, 2.75) is 45.1 Å². The van der Waals surface area contributed by atoms with Crippen molar-refractivity contribution in [3.8, 4) is 0 Å². The van der Waals surface area contributed by atoms with Gasteiger partial charge in [0.2, 0.25) is 5.91 Å². The Balaban J connectivity index is 2.50. The Bertz CT molecular complexity index is 307. The normalized spacial score (nSPS) is 18.8. The monoisotopic (exact) mass is 242 g/mol. The van der Waals surface area contributed by atoms with Crippen LogP contribution in [-0.2, 0) is 14.3 Å². The van der Waals surface area contributed by atoms with Crippen molar-refractivity contribution in [2.24, 2.45) is 11.1 Å². The average Bonchev–Trinajstić information content (AvgIpc) is 2.73. The van der Waals surface area contributed by atoms with Crippen molar-refractivity contribution in [1.29, 1.82) is 0 Å². The van der Waals surface area contributed by atoms with Crippen molar-refractivity contribution in [1.82, 2.24) is 5.32 Å². The molecule has 0 heterocycles. The molecule has 0 unspecified atom stereocenters. The second-order valence-corrected chi connectivity index (χ2v) is 5.42. The smallest absolute Gasteiger partial charge is 0.313 e. The lowest BCUT2D eigenvalue weighted by molar-refractivity contribution is -0.150. The molecule has 1 aliphatic rings. The lowest BCUT2D eigenvalue weighted by Gasteiger charge is -2.26. The van der Waals surface area contributed by atoms with E-state index in [1.54, 1.807) is 13.8 Å². The third-order valence-electron chi connectivity index (χ3n) is 3.38. The van der Waals surface area contributed by atoms with Gasteiger partial charge in [-0.15, -0.1) is 0 Å². The number of methoxy groups -OCH3 is 1. The summed E-state index contributed by atoms with van der Waals surface area (Å²) in [5.74, 6) is -0.498. The van der Waals surface area contributed by atoms with Gasteiger partial charge in [-0.25, -0.2) is 0 Å². The third-order valence-corrected chi connectivity index (χ3v) is 3.38. The second-order valence-electron chi connectivity index (χ2n) is 5.42. The summed E-state index contributed by atoms with van der Waals surface area (Å²) in [6.07, 6.45) is 3.42. The molecule has 5 nitrogen and oxygen atoms in total. The minimum Gasteiger partial charge on any atom is -0.469 e. The Kier molecular flexibility index (Phi) is 4.14. The highest BCUT2D eigenvalue weighted by molar-refractivity contribution is 5.87. The summed E-state index contributed by atoms with van der Waals surface area (Å²) in [4.78, 5) is 23.4. The van der Waals surface area contributed by atoms with Crippen LogP contribution in [0.15, 0.2) is 0 Å². The van der Waals surface area contributed by atoms with Crippen LogP contribution < -0.4 is 11.1 Å². The highest BCUT2D eigenvalue weighted by Crippen LogP contribution is 2.27. The molecule has 1 rings (SSSR count). The molecule has 1 fully saturated rings. The number of nitrogens with two attached hydrogens (primary N) is 1. The predicted molar refractivity (Wildman–Crippen MR) is 64.2 cm³/mol. The fourth-order valence-electron chi connectivity index (χ4n) is 2.06. The van der Waals surface area contributed by atoms with Gasteiger partial charge in [-0.2, -0.15) is 0 Å². The van der Waals surface area contributed by atoms with Crippen LogP contribution in [0.5, 0.6) is 0 Å². The standard InChI is InChI=1S/C12H22N2O3/c1-11(2,10(16)17-3)8-14-9(15)12(13)6-4-5-7-12/h4-8,13H2,1-3H3,(H,14,15). The van der Waals surface area contributed by atoms with E-state index >= 15 is 0 Å². The van der Waals surface area contributed by atoms with E-state index in [4.69, 9.17) is 5.73 Å². The molecule has 1 aliphatic carbocycles. The van der Waals surface area contributed by atoms with Crippen molar-refractivity contribution >= 4 is 11.9 Å². The van der Waals surface area contributed by atoms with Crippen LogP contribution in [0.2, 0.25) is 0 Å². The van der Waals surface area contributed by atoms with Gasteiger partial charge >= 0.3 is 5.97 Å². The Morgan fingerprint density at radius 2 is 1.88 bits per heavy atom. The van der Waals surface area contributed by atoms with Crippen LogP contribution in [0.3, 0.4) is 0 Å².